The molecular weight excluding hydrogens is 264 g/mol. The van der Waals surface area contributed by atoms with Crippen LogP contribution in [0, 0.1) is 20.8 Å². The van der Waals surface area contributed by atoms with Crippen LogP contribution in [0.3, 0.4) is 0 Å². The highest BCUT2D eigenvalue weighted by atomic mass is 32.2. The summed E-state index contributed by atoms with van der Waals surface area (Å²) >= 11 is 1.71. The predicted molar refractivity (Wildman–Crippen MR) is 87.5 cm³/mol. The van der Waals surface area contributed by atoms with Gasteiger partial charge in [0.2, 0.25) is 0 Å². The summed E-state index contributed by atoms with van der Waals surface area (Å²) in [5.41, 5.74) is 5.02. The third kappa shape index (κ3) is 4.69. The molecule has 0 aliphatic rings. The maximum atomic E-state index is 10.2. The molecule has 1 nitrogen and oxygen atoms in total. The Kier molecular flexibility index (Phi) is 5.27. The highest BCUT2D eigenvalue weighted by Gasteiger charge is 2.07. The molecule has 0 saturated heterocycles. The zero-order valence-corrected chi connectivity index (χ0v) is 13.2. The van der Waals surface area contributed by atoms with Crippen LogP contribution >= 0.6 is 11.8 Å². The van der Waals surface area contributed by atoms with Gasteiger partial charge in [0, 0.05) is 10.6 Å². The number of aryl methyl sites for hydroxylation is 3. The summed E-state index contributed by atoms with van der Waals surface area (Å²) in [7, 11) is 0. The van der Waals surface area contributed by atoms with Gasteiger partial charge in [0.05, 0.1) is 6.10 Å². The Morgan fingerprint density at radius 3 is 2.10 bits per heavy atom. The molecule has 0 aliphatic carbocycles. The zero-order chi connectivity index (χ0) is 14.5. The van der Waals surface area contributed by atoms with Crippen molar-refractivity contribution in [1.29, 1.82) is 0 Å². The van der Waals surface area contributed by atoms with Crippen LogP contribution in [-0.4, -0.2) is 17.0 Å². The lowest BCUT2D eigenvalue weighted by atomic mass is 10.0. The summed E-state index contributed by atoms with van der Waals surface area (Å²) in [6, 6.07) is 14.9. The van der Waals surface area contributed by atoms with Crippen molar-refractivity contribution in [2.75, 3.05) is 5.75 Å². The van der Waals surface area contributed by atoms with Crippen LogP contribution in [0.4, 0.5) is 0 Å². The van der Waals surface area contributed by atoms with Crippen molar-refractivity contribution in [3.63, 3.8) is 0 Å². The van der Waals surface area contributed by atoms with E-state index < -0.39 is 0 Å². The standard InChI is InChI=1S/C18H22OS/c1-13-4-6-18(7-5-13)20-12-17(19)11-16-9-14(2)8-15(3)10-16/h4-10,17,19H,11-12H2,1-3H3. The topological polar surface area (TPSA) is 20.2 Å². The molecular formula is C18H22OS. The third-order valence-electron chi connectivity index (χ3n) is 3.22. The second kappa shape index (κ2) is 6.96. The van der Waals surface area contributed by atoms with Gasteiger partial charge in [-0.2, -0.15) is 0 Å². The number of aliphatic hydroxyl groups is 1. The largest absolute Gasteiger partial charge is 0.392 e. The Bertz CT molecular complexity index is 540. The number of rotatable bonds is 5. The van der Waals surface area contributed by atoms with Crippen LogP contribution in [0.2, 0.25) is 0 Å². The fraction of sp³-hybridized carbons (Fsp3) is 0.333. The molecule has 2 rings (SSSR count). The summed E-state index contributed by atoms with van der Waals surface area (Å²) in [6.45, 7) is 6.29. The Morgan fingerprint density at radius 1 is 0.900 bits per heavy atom. The van der Waals surface area contributed by atoms with E-state index in [1.807, 2.05) is 0 Å². The molecule has 2 aromatic carbocycles. The van der Waals surface area contributed by atoms with E-state index in [9.17, 15) is 5.11 Å². The van der Waals surface area contributed by atoms with E-state index in [0.29, 0.717) is 0 Å². The van der Waals surface area contributed by atoms with E-state index in [1.54, 1.807) is 11.8 Å². The Hall–Kier alpha value is -1.25. The van der Waals surface area contributed by atoms with Gasteiger partial charge in [-0.1, -0.05) is 47.0 Å². The minimum atomic E-state index is -0.303. The van der Waals surface area contributed by atoms with Gasteiger partial charge in [-0.25, -0.2) is 0 Å². The molecule has 0 aromatic heterocycles. The maximum Gasteiger partial charge on any atom is 0.0674 e. The van der Waals surface area contributed by atoms with E-state index in [1.165, 1.54) is 27.1 Å². The molecule has 0 spiro atoms. The van der Waals surface area contributed by atoms with Gasteiger partial charge in [-0.05, 0) is 44.9 Å². The van der Waals surface area contributed by atoms with Gasteiger partial charge >= 0.3 is 0 Å². The number of benzene rings is 2. The SMILES string of the molecule is Cc1ccc(SCC(O)Cc2cc(C)cc(C)c2)cc1. The molecule has 20 heavy (non-hydrogen) atoms. The molecule has 0 heterocycles. The van der Waals surface area contributed by atoms with Gasteiger partial charge in [0.15, 0.2) is 0 Å². The smallest absolute Gasteiger partial charge is 0.0674 e. The van der Waals surface area contributed by atoms with Crippen LogP contribution in [-0.2, 0) is 6.42 Å². The highest BCUT2D eigenvalue weighted by Crippen LogP contribution is 2.20. The van der Waals surface area contributed by atoms with Crippen LogP contribution in [0.25, 0.3) is 0 Å². The van der Waals surface area contributed by atoms with E-state index in [-0.39, 0.29) is 6.10 Å². The summed E-state index contributed by atoms with van der Waals surface area (Å²) in [6.07, 6.45) is 0.420. The first kappa shape index (κ1) is 15.1. The van der Waals surface area contributed by atoms with Crippen LogP contribution in [0.5, 0.6) is 0 Å². The average molecular weight is 286 g/mol. The molecule has 0 bridgehead atoms. The van der Waals surface area contributed by atoms with Crippen molar-refractivity contribution in [1.82, 2.24) is 0 Å². The summed E-state index contributed by atoms with van der Waals surface area (Å²) < 4.78 is 0. The fourth-order valence-electron chi connectivity index (χ4n) is 2.34. The first-order valence-corrected chi connectivity index (χ1v) is 7.96. The molecule has 1 atom stereocenters. The first-order chi connectivity index (χ1) is 9.52. The van der Waals surface area contributed by atoms with Crippen molar-refractivity contribution in [3.8, 4) is 0 Å². The maximum absolute atomic E-state index is 10.2. The van der Waals surface area contributed by atoms with Crippen molar-refractivity contribution in [2.45, 2.75) is 38.2 Å². The van der Waals surface area contributed by atoms with Crippen molar-refractivity contribution < 1.29 is 5.11 Å². The Morgan fingerprint density at radius 2 is 1.50 bits per heavy atom. The molecule has 0 amide bonds. The molecule has 1 unspecified atom stereocenters. The second-order valence-corrected chi connectivity index (χ2v) is 6.57. The van der Waals surface area contributed by atoms with Crippen LogP contribution in [0.15, 0.2) is 47.4 Å². The van der Waals surface area contributed by atoms with Gasteiger partial charge in [-0.15, -0.1) is 11.8 Å². The minimum absolute atomic E-state index is 0.303. The molecule has 2 heteroatoms. The monoisotopic (exact) mass is 286 g/mol. The normalized spacial score (nSPS) is 12.4. The van der Waals surface area contributed by atoms with Gasteiger partial charge < -0.3 is 5.11 Å². The molecule has 2 aromatic rings. The molecule has 0 fully saturated rings. The lowest BCUT2D eigenvalue weighted by Gasteiger charge is -2.12. The molecule has 0 saturated carbocycles. The average Bonchev–Trinajstić information content (AvgIpc) is 2.37. The van der Waals surface area contributed by atoms with E-state index in [4.69, 9.17) is 0 Å². The molecule has 106 valence electrons. The molecule has 0 aliphatic heterocycles. The number of hydrogen-bond acceptors (Lipinski definition) is 2. The van der Waals surface area contributed by atoms with Crippen molar-refractivity contribution >= 4 is 11.8 Å². The Labute approximate surface area is 126 Å². The fourth-order valence-corrected chi connectivity index (χ4v) is 3.18. The van der Waals surface area contributed by atoms with E-state index in [0.717, 1.165) is 12.2 Å². The number of thioether (sulfide) groups is 1. The van der Waals surface area contributed by atoms with Crippen LogP contribution in [0.1, 0.15) is 22.3 Å². The Balaban J connectivity index is 1.88. The second-order valence-electron chi connectivity index (χ2n) is 5.48. The molecule has 1 N–H and O–H groups in total. The quantitative estimate of drug-likeness (QED) is 0.827. The number of hydrogen-bond donors (Lipinski definition) is 1. The number of aliphatic hydroxyl groups excluding tert-OH is 1. The lowest BCUT2D eigenvalue weighted by molar-refractivity contribution is 0.200. The van der Waals surface area contributed by atoms with Gasteiger partial charge in [0.1, 0.15) is 0 Å². The molecule has 0 radical (unpaired) electrons. The minimum Gasteiger partial charge on any atom is -0.392 e. The van der Waals surface area contributed by atoms with Crippen molar-refractivity contribution in [3.05, 3.63) is 64.7 Å². The van der Waals surface area contributed by atoms with E-state index in [2.05, 4.69) is 63.2 Å². The summed E-state index contributed by atoms with van der Waals surface area (Å²) in [5, 5.41) is 10.2. The van der Waals surface area contributed by atoms with Gasteiger partial charge in [0.25, 0.3) is 0 Å². The van der Waals surface area contributed by atoms with E-state index >= 15 is 0 Å². The zero-order valence-electron chi connectivity index (χ0n) is 12.4. The highest BCUT2D eigenvalue weighted by molar-refractivity contribution is 7.99. The predicted octanol–water partition coefficient (Wildman–Crippen LogP) is 4.31. The summed E-state index contributed by atoms with van der Waals surface area (Å²) in [4.78, 5) is 1.22. The third-order valence-corrected chi connectivity index (χ3v) is 4.37. The lowest BCUT2D eigenvalue weighted by Crippen LogP contribution is -2.13. The first-order valence-electron chi connectivity index (χ1n) is 6.97. The summed E-state index contributed by atoms with van der Waals surface area (Å²) in [5.74, 6) is 0.732. The van der Waals surface area contributed by atoms with Gasteiger partial charge in [-0.3, -0.25) is 0 Å². The van der Waals surface area contributed by atoms with Crippen LogP contribution < -0.4 is 0 Å². The van der Waals surface area contributed by atoms with Crippen molar-refractivity contribution in [2.24, 2.45) is 0 Å².